The van der Waals surface area contributed by atoms with Gasteiger partial charge in [-0.2, -0.15) is 0 Å². The third-order valence-corrected chi connectivity index (χ3v) is 5.53. The van der Waals surface area contributed by atoms with Crippen LogP contribution < -0.4 is 10.6 Å². The molecule has 0 aromatic heterocycles. The summed E-state index contributed by atoms with van der Waals surface area (Å²) in [6.45, 7) is 3.67. The molecule has 2 aliphatic heterocycles. The molecule has 25 heavy (non-hydrogen) atoms. The first-order valence-electron chi connectivity index (χ1n) is 9.60. The van der Waals surface area contributed by atoms with E-state index in [1.54, 1.807) is 0 Å². The number of hydrogen-bond donors (Lipinski definition) is 2. The van der Waals surface area contributed by atoms with Gasteiger partial charge in [0.25, 0.3) is 0 Å². The van der Waals surface area contributed by atoms with Crippen LogP contribution in [0.3, 0.4) is 0 Å². The fourth-order valence-corrected chi connectivity index (χ4v) is 4.20. The number of benzene rings is 1. The molecule has 2 aliphatic rings. The van der Waals surface area contributed by atoms with Gasteiger partial charge >= 0.3 is 6.03 Å². The zero-order chi connectivity index (χ0) is 17.6. The fourth-order valence-electron chi connectivity index (χ4n) is 4.20. The fraction of sp³-hybridized carbons (Fsp3) is 0.600. The lowest BCUT2D eigenvalue weighted by Crippen LogP contribution is -2.52. The van der Waals surface area contributed by atoms with Gasteiger partial charge in [-0.3, -0.25) is 4.79 Å². The molecule has 0 bridgehead atoms. The van der Waals surface area contributed by atoms with Crippen LogP contribution in [0, 0.1) is 0 Å². The van der Waals surface area contributed by atoms with Gasteiger partial charge in [-0.05, 0) is 44.1 Å². The van der Waals surface area contributed by atoms with Crippen LogP contribution in [0.4, 0.5) is 4.79 Å². The Balaban J connectivity index is 1.69. The van der Waals surface area contributed by atoms with Crippen LogP contribution in [0.25, 0.3) is 0 Å². The standard InChI is InChI=1S/C20H29N3O2/c1-2-16(15-9-4-3-5-10-15)18-12-8-14-23(18)20(25)22-17-11-6-7-13-21-19(17)24/h3-5,9-10,16-18H,2,6-8,11-14H2,1H3,(H,21,24)(H,22,25)/t16-,17-,18-/m1/s1. The second-order valence-corrected chi connectivity index (χ2v) is 7.12. The molecule has 2 fully saturated rings. The third-order valence-electron chi connectivity index (χ3n) is 5.53. The first kappa shape index (κ1) is 17.8. The number of carbonyl (C=O) groups excluding carboxylic acids is 2. The predicted molar refractivity (Wildman–Crippen MR) is 98.4 cm³/mol. The van der Waals surface area contributed by atoms with E-state index in [4.69, 9.17) is 0 Å². The first-order chi connectivity index (χ1) is 12.2. The molecule has 0 unspecified atom stereocenters. The van der Waals surface area contributed by atoms with Crippen LogP contribution >= 0.6 is 0 Å². The van der Waals surface area contributed by atoms with Crippen molar-refractivity contribution in [1.29, 1.82) is 0 Å². The second kappa shape index (κ2) is 8.37. The van der Waals surface area contributed by atoms with Gasteiger partial charge in [-0.1, -0.05) is 37.3 Å². The number of nitrogens with zero attached hydrogens (tertiary/aromatic N) is 1. The number of amides is 3. The van der Waals surface area contributed by atoms with Crippen LogP contribution in [-0.4, -0.2) is 42.0 Å². The maximum atomic E-state index is 12.9. The van der Waals surface area contributed by atoms with E-state index in [-0.39, 0.29) is 18.0 Å². The second-order valence-electron chi connectivity index (χ2n) is 7.12. The van der Waals surface area contributed by atoms with Crippen LogP contribution in [0.5, 0.6) is 0 Å². The summed E-state index contributed by atoms with van der Waals surface area (Å²) in [4.78, 5) is 26.9. The van der Waals surface area contributed by atoms with E-state index < -0.39 is 6.04 Å². The Morgan fingerprint density at radius 3 is 2.80 bits per heavy atom. The first-order valence-corrected chi connectivity index (χ1v) is 9.60. The molecule has 3 atom stereocenters. The van der Waals surface area contributed by atoms with Crippen molar-refractivity contribution in [3.63, 3.8) is 0 Å². The predicted octanol–water partition coefficient (Wildman–Crippen LogP) is 3.02. The average Bonchev–Trinajstić information content (AvgIpc) is 3.02. The maximum Gasteiger partial charge on any atom is 0.318 e. The van der Waals surface area contributed by atoms with Gasteiger partial charge in [0, 0.05) is 25.0 Å². The largest absolute Gasteiger partial charge is 0.354 e. The number of likely N-dealkylation sites (tertiary alicyclic amines) is 1. The van der Waals surface area contributed by atoms with Crippen molar-refractivity contribution in [3.8, 4) is 0 Å². The molecule has 1 aromatic rings. The van der Waals surface area contributed by atoms with Crippen molar-refractivity contribution in [2.75, 3.05) is 13.1 Å². The minimum absolute atomic E-state index is 0.0447. The molecular formula is C20H29N3O2. The zero-order valence-electron chi connectivity index (χ0n) is 15.0. The smallest absolute Gasteiger partial charge is 0.318 e. The van der Waals surface area contributed by atoms with Crippen molar-refractivity contribution in [2.45, 2.75) is 63.5 Å². The molecule has 0 saturated carbocycles. The summed E-state index contributed by atoms with van der Waals surface area (Å²) in [6, 6.07) is 10.2. The quantitative estimate of drug-likeness (QED) is 0.883. The van der Waals surface area contributed by atoms with Crippen LogP contribution in [0.15, 0.2) is 30.3 Å². The Morgan fingerprint density at radius 2 is 2.04 bits per heavy atom. The van der Waals surface area contributed by atoms with E-state index >= 15 is 0 Å². The molecule has 3 amide bonds. The minimum Gasteiger partial charge on any atom is -0.354 e. The summed E-state index contributed by atoms with van der Waals surface area (Å²) >= 11 is 0. The topological polar surface area (TPSA) is 61.4 Å². The Kier molecular flexibility index (Phi) is 5.95. The van der Waals surface area contributed by atoms with E-state index in [0.717, 1.165) is 45.1 Å². The van der Waals surface area contributed by atoms with Gasteiger partial charge < -0.3 is 15.5 Å². The van der Waals surface area contributed by atoms with E-state index in [1.165, 1.54) is 5.56 Å². The molecule has 2 heterocycles. The SMILES string of the molecule is CC[C@H](c1ccccc1)[C@H]1CCCN1C(=O)N[C@@H]1CCCCNC1=O. The minimum atomic E-state index is -0.395. The summed E-state index contributed by atoms with van der Waals surface area (Å²) in [5.41, 5.74) is 1.29. The van der Waals surface area contributed by atoms with E-state index in [1.807, 2.05) is 11.0 Å². The van der Waals surface area contributed by atoms with E-state index in [0.29, 0.717) is 12.5 Å². The molecule has 2 N–H and O–H groups in total. The van der Waals surface area contributed by atoms with Gasteiger partial charge in [0.2, 0.25) is 5.91 Å². The van der Waals surface area contributed by atoms with Crippen molar-refractivity contribution in [3.05, 3.63) is 35.9 Å². The molecular weight excluding hydrogens is 314 g/mol. The van der Waals surface area contributed by atoms with Gasteiger partial charge in [-0.15, -0.1) is 0 Å². The van der Waals surface area contributed by atoms with E-state index in [2.05, 4.69) is 41.8 Å². The van der Waals surface area contributed by atoms with Crippen LogP contribution in [0.2, 0.25) is 0 Å². The number of nitrogens with one attached hydrogen (secondary N) is 2. The third kappa shape index (κ3) is 4.14. The lowest BCUT2D eigenvalue weighted by atomic mass is 9.88. The monoisotopic (exact) mass is 343 g/mol. The van der Waals surface area contributed by atoms with Gasteiger partial charge in [0.15, 0.2) is 0 Å². The number of rotatable bonds is 4. The van der Waals surface area contributed by atoms with Gasteiger partial charge in [0.1, 0.15) is 6.04 Å². The molecule has 1 aromatic carbocycles. The lowest BCUT2D eigenvalue weighted by Gasteiger charge is -2.32. The molecule has 2 saturated heterocycles. The van der Waals surface area contributed by atoms with Crippen molar-refractivity contribution in [1.82, 2.24) is 15.5 Å². The average molecular weight is 343 g/mol. The van der Waals surface area contributed by atoms with Crippen molar-refractivity contribution < 1.29 is 9.59 Å². The molecule has 3 rings (SSSR count). The summed E-state index contributed by atoms with van der Waals surface area (Å²) in [5.74, 6) is 0.300. The highest BCUT2D eigenvalue weighted by Gasteiger charge is 2.36. The summed E-state index contributed by atoms with van der Waals surface area (Å²) < 4.78 is 0. The highest BCUT2D eigenvalue weighted by atomic mass is 16.2. The van der Waals surface area contributed by atoms with Gasteiger partial charge in [0.05, 0.1) is 0 Å². The summed E-state index contributed by atoms with van der Waals surface area (Å²) in [7, 11) is 0. The number of urea groups is 1. The zero-order valence-corrected chi connectivity index (χ0v) is 15.0. The lowest BCUT2D eigenvalue weighted by molar-refractivity contribution is -0.122. The Labute approximate surface area is 150 Å². The highest BCUT2D eigenvalue weighted by molar-refractivity contribution is 5.87. The van der Waals surface area contributed by atoms with Crippen molar-refractivity contribution in [2.24, 2.45) is 0 Å². The van der Waals surface area contributed by atoms with Gasteiger partial charge in [-0.25, -0.2) is 4.79 Å². The summed E-state index contributed by atoms with van der Waals surface area (Å²) in [6.07, 6.45) is 5.73. The molecule has 136 valence electrons. The Morgan fingerprint density at radius 1 is 1.24 bits per heavy atom. The molecule has 0 radical (unpaired) electrons. The molecule has 0 spiro atoms. The Hall–Kier alpha value is -2.04. The summed E-state index contributed by atoms with van der Waals surface area (Å²) in [5, 5.41) is 5.88. The molecule has 5 nitrogen and oxygen atoms in total. The van der Waals surface area contributed by atoms with Crippen molar-refractivity contribution >= 4 is 11.9 Å². The van der Waals surface area contributed by atoms with Crippen LogP contribution in [-0.2, 0) is 4.79 Å². The number of carbonyl (C=O) groups is 2. The van der Waals surface area contributed by atoms with E-state index in [9.17, 15) is 9.59 Å². The normalized spacial score (nSPS) is 25.2. The molecule has 0 aliphatic carbocycles. The number of hydrogen-bond acceptors (Lipinski definition) is 2. The molecule has 5 heteroatoms. The maximum absolute atomic E-state index is 12.9. The highest BCUT2D eigenvalue weighted by Crippen LogP contribution is 2.33. The Bertz CT molecular complexity index is 590. The van der Waals surface area contributed by atoms with Crippen LogP contribution in [0.1, 0.15) is 56.9 Å².